The van der Waals surface area contributed by atoms with E-state index in [1.807, 2.05) is 0 Å². The highest BCUT2D eigenvalue weighted by Gasteiger charge is 2.00. The number of hydrogen-bond donors (Lipinski definition) is 0. The van der Waals surface area contributed by atoms with Gasteiger partial charge in [-0.15, -0.1) is 0 Å². The molecule has 0 atom stereocenters. The molecule has 3 nitrogen and oxygen atoms in total. The first-order valence-electron chi connectivity index (χ1n) is 4.20. The van der Waals surface area contributed by atoms with Crippen LogP contribution in [-0.2, 0) is 14.3 Å². The van der Waals surface area contributed by atoms with Crippen LogP contribution in [-0.4, -0.2) is 18.5 Å². The summed E-state index contributed by atoms with van der Waals surface area (Å²) in [4.78, 5) is 20.6. The number of hydrogen-bond acceptors (Lipinski definition) is 3. The monoisotopic (exact) mass is 182 g/mol. The quantitative estimate of drug-likeness (QED) is 0.271. The topological polar surface area (TPSA) is 43.4 Å². The maximum Gasteiger partial charge on any atom is 0.333 e. The van der Waals surface area contributed by atoms with Gasteiger partial charge in [-0.3, -0.25) is 0 Å². The summed E-state index contributed by atoms with van der Waals surface area (Å²) in [6.07, 6.45) is 3.71. The Labute approximate surface area is 78.1 Å². The van der Waals surface area contributed by atoms with Crippen molar-refractivity contribution in [3.63, 3.8) is 0 Å². The smallest absolute Gasteiger partial charge is 0.333 e. The molecule has 0 saturated heterocycles. The Morgan fingerprint density at radius 1 is 1.54 bits per heavy atom. The lowest BCUT2D eigenvalue weighted by Gasteiger charge is -2.02. The van der Waals surface area contributed by atoms with Gasteiger partial charge in [0.1, 0.15) is 5.94 Å². The number of rotatable bonds is 6. The minimum absolute atomic E-state index is 0.356. The van der Waals surface area contributed by atoms with Crippen LogP contribution in [0.25, 0.3) is 0 Å². The van der Waals surface area contributed by atoms with E-state index in [0.717, 1.165) is 12.8 Å². The van der Waals surface area contributed by atoms with Gasteiger partial charge in [-0.05, 0) is 32.3 Å². The lowest BCUT2D eigenvalue weighted by molar-refractivity contribution is -0.139. The van der Waals surface area contributed by atoms with Crippen molar-refractivity contribution in [2.45, 2.75) is 26.2 Å². The van der Waals surface area contributed by atoms with E-state index >= 15 is 0 Å². The van der Waals surface area contributed by atoms with Crippen LogP contribution in [0.2, 0.25) is 0 Å². The normalized spacial score (nSPS) is 8.69. The summed E-state index contributed by atoms with van der Waals surface area (Å²) < 4.78 is 4.83. The third kappa shape index (κ3) is 7.04. The lowest BCUT2D eigenvalue weighted by atomic mass is 10.2. The number of unbranched alkanes of at least 4 members (excludes halogenated alkanes) is 2. The fourth-order valence-electron chi connectivity index (χ4n) is 0.695. The summed E-state index contributed by atoms with van der Waals surface area (Å²) in [6.45, 7) is 5.45. The van der Waals surface area contributed by atoms with Crippen LogP contribution in [0.3, 0.4) is 0 Å². The van der Waals surface area contributed by atoms with Gasteiger partial charge in [-0.2, -0.15) is 0 Å². The molecule has 0 aliphatic carbocycles. The van der Waals surface area contributed by atoms with Gasteiger partial charge >= 0.3 is 5.97 Å². The predicted molar refractivity (Wildman–Crippen MR) is 49.9 cm³/mol. The third-order valence-corrected chi connectivity index (χ3v) is 1.41. The van der Waals surface area contributed by atoms with Crippen molar-refractivity contribution < 1.29 is 14.3 Å². The van der Waals surface area contributed by atoms with Crippen LogP contribution >= 0.6 is 0 Å². The highest BCUT2D eigenvalue weighted by Crippen LogP contribution is 1.98. The van der Waals surface area contributed by atoms with Gasteiger partial charge < -0.3 is 4.74 Å². The average Bonchev–Trinajstić information content (AvgIpc) is 2.10. The zero-order chi connectivity index (χ0) is 10.1. The molecule has 0 rings (SSSR count). The van der Waals surface area contributed by atoms with Crippen molar-refractivity contribution in [2.24, 2.45) is 0 Å². The molecule has 0 N–H and O–H groups in total. The standard InChI is InChI=1S/C10H14O3/c1-9(2)10(12)13-8-6-4-3-5-7-11/h5H,1,3-4,6,8H2,2H3. The number of carbonyl (C=O) groups is 1. The second-order valence-electron chi connectivity index (χ2n) is 2.73. The molecule has 0 aromatic rings. The van der Waals surface area contributed by atoms with E-state index in [4.69, 9.17) is 4.74 Å². The molecular formula is C10H14O3. The maximum absolute atomic E-state index is 10.8. The first-order chi connectivity index (χ1) is 6.18. The van der Waals surface area contributed by atoms with Crippen LogP contribution in [0.4, 0.5) is 0 Å². The molecule has 0 amide bonds. The first-order valence-corrected chi connectivity index (χ1v) is 4.20. The SMILES string of the molecule is C=C(C)C(=O)OCCCCC=C=O. The Balaban J connectivity index is 3.30. The van der Waals surface area contributed by atoms with E-state index in [1.54, 1.807) is 12.9 Å². The van der Waals surface area contributed by atoms with Gasteiger partial charge in [-0.25, -0.2) is 9.59 Å². The molecule has 0 fully saturated rings. The Kier molecular flexibility index (Phi) is 6.56. The van der Waals surface area contributed by atoms with Crippen LogP contribution in [0.1, 0.15) is 26.2 Å². The van der Waals surface area contributed by atoms with E-state index in [0.29, 0.717) is 18.6 Å². The molecule has 0 aliphatic rings. The molecule has 0 saturated carbocycles. The summed E-state index contributed by atoms with van der Waals surface area (Å²) in [5.41, 5.74) is 0.410. The number of esters is 1. The van der Waals surface area contributed by atoms with Crippen molar-refractivity contribution in [3.05, 3.63) is 18.2 Å². The molecule has 72 valence electrons. The van der Waals surface area contributed by atoms with E-state index in [-0.39, 0.29) is 5.97 Å². The molecule has 0 spiro atoms. The third-order valence-electron chi connectivity index (χ3n) is 1.41. The largest absolute Gasteiger partial charge is 0.462 e. The zero-order valence-corrected chi connectivity index (χ0v) is 7.84. The van der Waals surface area contributed by atoms with Crippen molar-refractivity contribution in [2.75, 3.05) is 6.61 Å². The van der Waals surface area contributed by atoms with E-state index < -0.39 is 0 Å². The molecule has 0 radical (unpaired) electrons. The summed E-state index contributed by atoms with van der Waals surface area (Å²) in [5.74, 6) is 1.33. The molecule has 13 heavy (non-hydrogen) atoms. The van der Waals surface area contributed by atoms with Crippen molar-refractivity contribution in [1.29, 1.82) is 0 Å². The van der Waals surface area contributed by atoms with Crippen LogP contribution in [0.5, 0.6) is 0 Å². The Bertz CT molecular complexity index is 224. The Hall–Kier alpha value is -1.34. The fourth-order valence-corrected chi connectivity index (χ4v) is 0.695. The molecule has 0 aromatic heterocycles. The number of allylic oxidation sites excluding steroid dienone is 1. The molecular weight excluding hydrogens is 168 g/mol. The maximum atomic E-state index is 10.8. The molecule has 0 bridgehead atoms. The van der Waals surface area contributed by atoms with Crippen LogP contribution < -0.4 is 0 Å². The fraction of sp³-hybridized carbons (Fsp3) is 0.500. The average molecular weight is 182 g/mol. The predicted octanol–water partition coefficient (Wildman–Crippen LogP) is 1.66. The molecule has 0 unspecified atom stereocenters. The summed E-state index contributed by atoms with van der Waals surface area (Å²) in [6, 6.07) is 0. The summed E-state index contributed by atoms with van der Waals surface area (Å²) >= 11 is 0. The van der Waals surface area contributed by atoms with Gasteiger partial charge in [0.25, 0.3) is 0 Å². The Morgan fingerprint density at radius 3 is 2.77 bits per heavy atom. The second kappa shape index (κ2) is 7.32. The van der Waals surface area contributed by atoms with Gasteiger partial charge in [0.05, 0.1) is 6.61 Å². The first kappa shape index (κ1) is 11.7. The van der Waals surface area contributed by atoms with Gasteiger partial charge in [0.2, 0.25) is 0 Å². The zero-order valence-electron chi connectivity index (χ0n) is 7.84. The molecule has 0 aliphatic heterocycles. The minimum atomic E-state index is -0.356. The van der Waals surface area contributed by atoms with Crippen molar-refractivity contribution >= 4 is 11.9 Å². The lowest BCUT2D eigenvalue weighted by Crippen LogP contribution is -2.05. The summed E-state index contributed by atoms with van der Waals surface area (Å²) in [5, 5.41) is 0. The molecule has 0 aromatic carbocycles. The minimum Gasteiger partial charge on any atom is -0.462 e. The summed E-state index contributed by atoms with van der Waals surface area (Å²) in [7, 11) is 0. The van der Waals surface area contributed by atoms with E-state index in [9.17, 15) is 9.59 Å². The van der Waals surface area contributed by atoms with Crippen LogP contribution in [0, 0.1) is 0 Å². The molecule has 3 heteroatoms. The van der Waals surface area contributed by atoms with Gasteiger partial charge in [-0.1, -0.05) is 6.58 Å². The number of carbonyl (C=O) groups excluding carboxylic acids is 2. The van der Waals surface area contributed by atoms with Crippen molar-refractivity contribution in [3.8, 4) is 0 Å². The second-order valence-corrected chi connectivity index (χ2v) is 2.73. The highest BCUT2D eigenvalue weighted by molar-refractivity contribution is 5.86. The van der Waals surface area contributed by atoms with Crippen molar-refractivity contribution in [1.82, 2.24) is 0 Å². The Morgan fingerprint density at radius 2 is 2.23 bits per heavy atom. The van der Waals surface area contributed by atoms with E-state index in [2.05, 4.69) is 6.58 Å². The highest BCUT2D eigenvalue weighted by atomic mass is 16.5. The van der Waals surface area contributed by atoms with Gasteiger partial charge in [0, 0.05) is 5.57 Å². The van der Waals surface area contributed by atoms with Crippen LogP contribution in [0.15, 0.2) is 18.2 Å². The molecule has 0 heterocycles. The van der Waals surface area contributed by atoms with Gasteiger partial charge in [0.15, 0.2) is 0 Å². The number of ether oxygens (including phenoxy) is 1. The van der Waals surface area contributed by atoms with E-state index in [1.165, 1.54) is 6.08 Å².